The highest BCUT2D eigenvalue weighted by Gasteiger charge is 2.31. The average molecular weight is 371 g/mol. The van der Waals surface area contributed by atoms with Crippen LogP contribution < -0.4 is 10.1 Å². The van der Waals surface area contributed by atoms with Gasteiger partial charge in [-0.1, -0.05) is 19.1 Å². The lowest BCUT2D eigenvalue weighted by Gasteiger charge is -2.25. The van der Waals surface area contributed by atoms with Crippen LogP contribution in [-0.4, -0.2) is 21.7 Å². The summed E-state index contributed by atoms with van der Waals surface area (Å²) in [5, 5.41) is 3.55. The molecule has 1 aliphatic heterocycles. The number of halogens is 2. The number of imidazole rings is 1. The summed E-state index contributed by atoms with van der Waals surface area (Å²) < 4.78 is 36.3. The molecule has 6 heteroatoms. The lowest BCUT2D eigenvalue weighted by Crippen LogP contribution is -2.39. The summed E-state index contributed by atoms with van der Waals surface area (Å²) in [6.07, 6.45) is 0.586. The highest BCUT2D eigenvalue weighted by molar-refractivity contribution is 5.80. The van der Waals surface area contributed by atoms with Crippen LogP contribution in [0.3, 0.4) is 0 Å². The first kappa shape index (κ1) is 17.9. The predicted octanol–water partition coefficient (Wildman–Crippen LogP) is 4.69. The number of hydrogen-bond donors (Lipinski definition) is 1. The molecule has 1 aromatic heterocycles. The molecule has 1 atom stereocenters. The molecule has 0 aliphatic carbocycles. The van der Waals surface area contributed by atoms with Gasteiger partial charge in [-0.15, -0.1) is 0 Å². The molecule has 3 aromatic rings. The molecule has 0 spiro atoms. The maximum atomic E-state index is 14.7. The largest absolute Gasteiger partial charge is 0.489 e. The minimum Gasteiger partial charge on any atom is -0.489 e. The predicted molar refractivity (Wildman–Crippen MR) is 101 cm³/mol. The maximum Gasteiger partial charge on any atom is 0.185 e. The van der Waals surface area contributed by atoms with Gasteiger partial charge in [0.15, 0.2) is 11.6 Å². The van der Waals surface area contributed by atoms with Crippen LogP contribution >= 0.6 is 0 Å². The van der Waals surface area contributed by atoms with Crippen molar-refractivity contribution in [3.8, 4) is 11.4 Å². The second-order valence-corrected chi connectivity index (χ2v) is 7.90. The van der Waals surface area contributed by atoms with E-state index in [0.717, 1.165) is 11.6 Å². The Morgan fingerprint density at radius 2 is 2.00 bits per heavy atom. The van der Waals surface area contributed by atoms with E-state index in [-0.39, 0.29) is 17.1 Å². The highest BCUT2D eigenvalue weighted by atomic mass is 19.2. The van der Waals surface area contributed by atoms with Crippen LogP contribution in [0.2, 0.25) is 0 Å². The van der Waals surface area contributed by atoms with Gasteiger partial charge in [-0.3, -0.25) is 4.57 Å². The quantitative estimate of drug-likeness (QED) is 0.726. The van der Waals surface area contributed by atoms with Crippen molar-refractivity contribution in [3.05, 3.63) is 53.4 Å². The number of ether oxygens (including phenoxy) is 1. The Morgan fingerprint density at radius 1 is 1.22 bits per heavy atom. The van der Waals surface area contributed by atoms with E-state index in [2.05, 4.69) is 31.1 Å². The van der Waals surface area contributed by atoms with Crippen molar-refractivity contribution in [2.24, 2.45) is 0 Å². The topological polar surface area (TPSA) is 39.1 Å². The van der Waals surface area contributed by atoms with Crippen LogP contribution in [0, 0.1) is 11.6 Å². The third-order valence-electron chi connectivity index (χ3n) is 4.74. The number of nitrogens with zero attached hydrogens (tertiary/aromatic N) is 2. The smallest absolute Gasteiger partial charge is 0.185 e. The summed E-state index contributed by atoms with van der Waals surface area (Å²) in [6, 6.07) is 8.46. The van der Waals surface area contributed by atoms with Gasteiger partial charge < -0.3 is 10.1 Å². The first-order chi connectivity index (χ1) is 12.8. The molecule has 1 aliphatic rings. The van der Waals surface area contributed by atoms with E-state index in [1.165, 1.54) is 6.07 Å². The van der Waals surface area contributed by atoms with Gasteiger partial charge in [-0.25, -0.2) is 13.8 Å². The molecular formula is C21H23F2N3O. The van der Waals surface area contributed by atoms with Crippen molar-refractivity contribution in [1.29, 1.82) is 0 Å². The van der Waals surface area contributed by atoms with Gasteiger partial charge in [0.05, 0.1) is 17.2 Å². The molecule has 0 saturated carbocycles. The molecule has 142 valence electrons. The van der Waals surface area contributed by atoms with Gasteiger partial charge >= 0.3 is 0 Å². The summed E-state index contributed by atoms with van der Waals surface area (Å²) >= 11 is 0. The SMILES string of the molecule is CCc1nc2ccc(F)c(F)c2n1-c1cccc2c1OC[C@H]2NC(C)(C)C. The number of rotatable bonds is 3. The second-order valence-electron chi connectivity index (χ2n) is 7.90. The molecule has 4 rings (SSSR count). The van der Waals surface area contributed by atoms with E-state index in [9.17, 15) is 8.78 Å². The monoisotopic (exact) mass is 371 g/mol. The Kier molecular flexibility index (Phi) is 4.18. The van der Waals surface area contributed by atoms with Crippen molar-refractivity contribution in [1.82, 2.24) is 14.9 Å². The molecule has 0 fully saturated rings. The fraction of sp³-hybridized carbons (Fsp3) is 0.381. The number of aromatic nitrogens is 2. The number of benzene rings is 2. The summed E-state index contributed by atoms with van der Waals surface area (Å²) in [6.45, 7) is 8.75. The van der Waals surface area contributed by atoms with Gasteiger partial charge in [0.25, 0.3) is 0 Å². The fourth-order valence-corrected chi connectivity index (χ4v) is 3.70. The van der Waals surface area contributed by atoms with Crippen molar-refractivity contribution in [2.45, 2.75) is 45.7 Å². The van der Waals surface area contributed by atoms with Crippen molar-refractivity contribution in [2.75, 3.05) is 6.61 Å². The molecule has 2 heterocycles. The van der Waals surface area contributed by atoms with Crippen LogP contribution in [0.4, 0.5) is 8.78 Å². The Labute approximate surface area is 157 Å². The van der Waals surface area contributed by atoms with Gasteiger partial charge in [0.1, 0.15) is 23.7 Å². The molecule has 0 radical (unpaired) electrons. The summed E-state index contributed by atoms with van der Waals surface area (Å²) in [5.41, 5.74) is 2.22. The van der Waals surface area contributed by atoms with E-state index < -0.39 is 11.6 Å². The second kappa shape index (κ2) is 6.30. The van der Waals surface area contributed by atoms with Gasteiger partial charge in [0.2, 0.25) is 0 Å². The van der Waals surface area contributed by atoms with Crippen LogP contribution in [-0.2, 0) is 6.42 Å². The van der Waals surface area contributed by atoms with E-state index in [0.29, 0.717) is 35.8 Å². The van der Waals surface area contributed by atoms with Crippen LogP contribution in [0.1, 0.15) is 45.1 Å². The number of hydrogen-bond acceptors (Lipinski definition) is 3. The van der Waals surface area contributed by atoms with E-state index in [1.807, 2.05) is 25.1 Å². The van der Waals surface area contributed by atoms with Crippen molar-refractivity contribution >= 4 is 11.0 Å². The third kappa shape index (κ3) is 2.98. The summed E-state index contributed by atoms with van der Waals surface area (Å²) in [4.78, 5) is 4.50. The molecule has 4 nitrogen and oxygen atoms in total. The lowest BCUT2D eigenvalue weighted by atomic mass is 10.0. The third-order valence-corrected chi connectivity index (χ3v) is 4.74. The van der Waals surface area contributed by atoms with Gasteiger partial charge in [-0.05, 0) is 39.0 Å². The maximum absolute atomic E-state index is 14.7. The molecule has 2 aromatic carbocycles. The molecule has 0 amide bonds. The zero-order valence-electron chi connectivity index (χ0n) is 15.9. The molecule has 1 N–H and O–H groups in total. The molecular weight excluding hydrogens is 348 g/mol. The number of aryl methyl sites for hydroxylation is 1. The number of fused-ring (bicyclic) bond motifs is 2. The summed E-state index contributed by atoms with van der Waals surface area (Å²) in [5.74, 6) is -0.414. The normalized spacial score (nSPS) is 16.6. The zero-order valence-corrected chi connectivity index (χ0v) is 15.9. The number of para-hydroxylation sites is 1. The Bertz CT molecular complexity index is 1020. The molecule has 0 saturated heterocycles. The minimum absolute atomic E-state index is 0.0430. The van der Waals surface area contributed by atoms with Crippen LogP contribution in [0.15, 0.2) is 30.3 Å². The van der Waals surface area contributed by atoms with Gasteiger partial charge in [0, 0.05) is 17.5 Å². The highest BCUT2D eigenvalue weighted by Crippen LogP contribution is 2.40. The van der Waals surface area contributed by atoms with Gasteiger partial charge in [-0.2, -0.15) is 0 Å². The Hall–Kier alpha value is -2.47. The first-order valence-electron chi connectivity index (χ1n) is 9.19. The standard InChI is InChI=1S/C21H23F2N3O/c1-5-17-24-14-10-9-13(22)18(23)19(14)26(17)16-8-6-7-12-15(11-27-20(12)16)25-21(2,3)4/h6-10,15,25H,5,11H2,1-4H3/t15-/m1/s1. The number of nitrogens with one attached hydrogen (secondary N) is 1. The molecule has 27 heavy (non-hydrogen) atoms. The van der Waals surface area contributed by atoms with Crippen molar-refractivity contribution < 1.29 is 13.5 Å². The van der Waals surface area contributed by atoms with E-state index in [4.69, 9.17) is 4.74 Å². The van der Waals surface area contributed by atoms with E-state index in [1.54, 1.807) is 4.57 Å². The molecule has 0 bridgehead atoms. The average Bonchev–Trinajstić information content (AvgIpc) is 3.18. The zero-order chi connectivity index (χ0) is 19.3. The van der Waals surface area contributed by atoms with Crippen LogP contribution in [0.25, 0.3) is 16.7 Å². The van der Waals surface area contributed by atoms with Crippen molar-refractivity contribution in [3.63, 3.8) is 0 Å². The Balaban J connectivity index is 1.93. The first-order valence-corrected chi connectivity index (χ1v) is 9.19. The lowest BCUT2D eigenvalue weighted by molar-refractivity contribution is 0.275. The summed E-state index contributed by atoms with van der Waals surface area (Å²) in [7, 11) is 0. The minimum atomic E-state index is -0.889. The van der Waals surface area contributed by atoms with Crippen LogP contribution in [0.5, 0.6) is 5.75 Å². The van der Waals surface area contributed by atoms with E-state index >= 15 is 0 Å². The Morgan fingerprint density at radius 3 is 2.70 bits per heavy atom. The fourth-order valence-electron chi connectivity index (χ4n) is 3.70. The molecule has 0 unspecified atom stereocenters.